The second-order valence-electron chi connectivity index (χ2n) is 9.69. The molecule has 0 radical (unpaired) electrons. The Balaban J connectivity index is 1.15. The van der Waals surface area contributed by atoms with Crippen molar-refractivity contribution in [1.82, 2.24) is 10.2 Å². The first kappa shape index (κ1) is 22.6. The van der Waals surface area contributed by atoms with E-state index in [4.69, 9.17) is 9.47 Å². The second-order valence-corrected chi connectivity index (χ2v) is 9.69. The standard InChI is InChI=1S/C24H39N3O4/c1-17(2)22(28)24(29)25-19-8-6-18(7-9-19)10-11-26-12-14-27(15-13-26)20-4-3-5-21-23(20)31-16-30-21/h3-5,17-19,22,24-25,28-29H,6-16H2,1-2H3/t18?,19?,22-,24?/m0/s1. The van der Waals surface area contributed by atoms with Crippen LogP contribution in [0.2, 0.25) is 0 Å². The third kappa shape index (κ3) is 5.64. The average Bonchev–Trinajstić information content (AvgIpc) is 3.27. The van der Waals surface area contributed by atoms with Crippen molar-refractivity contribution in [1.29, 1.82) is 0 Å². The summed E-state index contributed by atoms with van der Waals surface area (Å²) in [5.74, 6) is 2.58. The summed E-state index contributed by atoms with van der Waals surface area (Å²) in [5, 5.41) is 23.4. The lowest BCUT2D eigenvalue weighted by Crippen LogP contribution is -2.48. The highest BCUT2D eigenvalue weighted by Crippen LogP contribution is 2.41. The summed E-state index contributed by atoms with van der Waals surface area (Å²) in [6, 6.07) is 6.47. The summed E-state index contributed by atoms with van der Waals surface area (Å²) in [4.78, 5) is 5.00. The van der Waals surface area contributed by atoms with Crippen LogP contribution in [0, 0.1) is 11.8 Å². The zero-order chi connectivity index (χ0) is 21.8. The number of nitrogens with one attached hydrogen (secondary N) is 1. The minimum Gasteiger partial charge on any atom is -0.454 e. The van der Waals surface area contributed by atoms with Crippen molar-refractivity contribution < 1.29 is 19.7 Å². The molecule has 2 fully saturated rings. The summed E-state index contributed by atoms with van der Waals surface area (Å²) in [5.41, 5.74) is 1.16. The number of nitrogens with zero attached hydrogens (tertiary/aromatic N) is 2. The van der Waals surface area contributed by atoms with Crippen molar-refractivity contribution in [3.63, 3.8) is 0 Å². The van der Waals surface area contributed by atoms with E-state index < -0.39 is 12.3 Å². The highest BCUT2D eigenvalue weighted by Gasteiger charge is 2.28. The maximum Gasteiger partial charge on any atom is 0.231 e. The zero-order valence-electron chi connectivity index (χ0n) is 19.0. The molecule has 1 saturated carbocycles. The lowest BCUT2D eigenvalue weighted by Gasteiger charge is -2.37. The molecule has 1 saturated heterocycles. The van der Waals surface area contributed by atoms with Gasteiger partial charge in [-0.1, -0.05) is 19.9 Å². The Morgan fingerprint density at radius 1 is 1.03 bits per heavy atom. The maximum atomic E-state index is 10.1. The number of para-hydroxylation sites is 1. The number of piperazine rings is 1. The van der Waals surface area contributed by atoms with Crippen molar-refractivity contribution in [3.8, 4) is 11.5 Å². The van der Waals surface area contributed by atoms with Crippen LogP contribution in [0.4, 0.5) is 5.69 Å². The molecule has 0 spiro atoms. The van der Waals surface area contributed by atoms with Gasteiger partial charge in [-0.2, -0.15) is 0 Å². The van der Waals surface area contributed by atoms with Crippen LogP contribution in [0.25, 0.3) is 0 Å². The summed E-state index contributed by atoms with van der Waals surface area (Å²) in [6.45, 7) is 9.56. The Morgan fingerprint density at radius 2 is 1.77 bits per heavy atom. The van der Waals surface area contributed by atoms with Gasteiger partial charge in [0.2, 0.25) is 6.79 Å². The Bertz CT molecular complexity index is 700. The van der Waals surface area contributed by atoms with Crippen LogP contribution < -0.4 is 19.7 Å². The van der Waals surface area contributed by atoms with E-state index >= 15 is 0 Å². The number of aliphatic hydroxyl groups excluding tert-OH is 2. The molecule has 1 aliphatic carbocycles. The lowest BCUT2D eigenvalue weighted by molar-refractivity contribution is -0.0358. The van der Waals surface area contributed by atoms with Crippen LogP contribution in [0.3, 0.4) is 0 Å². The SMILES string of the molecule is CC(C)[C@H](O)C(O)NC1CCC(CCN2CCN(c3cccc4c3OCO4)CC2)CC1. The van der Waals surface area contributed by atoms with Crippen LogP contribution in [0.5, 0.6) is 11.5 Å². The number of rotatable bonds is 8. The molecule has 4 rings (SSSR count). The fourth-order valence-electron chi connectivity index (χ4n) is 5.06. The van der Waals surface area contributed by atoms with E-state index in [1.807, 2.05) is 26.0 Å². The van der Waals surface area contributed by atoms with Crippen molar-refractivity contribution in [2.75, 3.05) is 44.4 Å². The van der Waals surface area contributed by atoms with Gasteiger partial charge in [-0.3, -0.25) is 10.2 Å². The molecule has 2 aliphatic heterocycles. The number of fused-ring (bicyclic) bond motifs is 1. The number of anilines is 1. The zero-order valence-corrected chi connectivity index (χ0v) is 19.0. The molecule has 2 heterocycles. The quantitative estimate of drug-likeness (QED) is 0.544. The van der Waals surface area contributed by atoms with Gasteiger partial charge >= 0.3 is 0 Å². The highest BCUT2D eigenvalue weighted by atomic mass is 16.7. The Hall–Kier alpha value is -1.54. The van der Waals surface area contributed by atoms with E-state index in [9.17, 15) is 10.2 Å². The van der Waals surface area contributed by atoms with E-state index in [2.05, 4.69) is 21.2 Å². The smallest absolute Gasteiger partial charge is 0.231 e. The first-order valence-electron chi connectivity index (χ1n) is 12.0. The molecule has 0 aromatic heterocycles. The predicted octanol–water partition coefficient (Wildman–Crippen LogP) is 2.41. The van der Waals surface area contributed by atoms with E-state index in [1.54, 1.807) is 0 Å². The molecular formula is C24H39N3O4. The van der Waals surface area contributed by atoms with Crippen LogP contribution >= 0.6 is 0 Å². The maximum absolute atomic E-state index is 10.1. The molecular weight excluding hydrogens is 394 g/mol. The Kier molecular flexibility index (Phi) is 7.59. The fraction of sp³-hybridized carbons (Fsp3) is 0.750. The topological polar surface area (TPSA) is 77.4 Å². The van der Waals surface area contributed by atoms with Crippen LogP contribution in [-0.2, 0) is 0 Å². The van der Waals surface area contributed by atoms with E-state index in [0.717, 1.165) is 68.7 Å². The van der Waals surface area contributed by atoms with Crippen molar-refractivity contribution in [2.45, 2.75) is 64.3 Å². The van der Waals surface area contributed by atoms with Gasteiger partial charge in [-0.25, -0.2) is 0 Å². The third-order valence-electron chi connectivity index (χ3n) is 7.20. The molecule has 7 nitrogen and oxygen atoms in total. The molecule has 1 aromatic rings. The van der Waals surface area contributed by atoms with Gasteiger partial charge in [-0.15, -0.1) is 0 Å². The average molecular weight is 434 g/mol. The summed E-state index contributed by atoms with van der Waals surface area (Å²) >= 11 is 0. The normalized spacial score (nSPS) is 26.3. The summed E-state index contributed by atoms with van der Waals surface area (Å²) in [6.07, 6.45) is 4.31. The Morgan fingerprint density at radius 3 is 2.48 bits per heavy atom. The minimum absolute atomic E-state index is 0.0583. The van der Waals surface area contributed by atoms with E-state index in [-0.39, 0.29) is 5.92 Å². The van der Waals surface area contributed by atoms with Gasteiger partial charge < -0.3 is 24.6 Å². The van der Waals surface area contributed by atoms with Crippen molar-refractivity contribution in [3.05, 3.63) is 18.2 Å². The van der Waals surface area contributed by atoms with Crippen LogP contribution in [0.1, 0.15) is 46.0 Å². The van der Waals surface area contributed by atoms with Gasteiger partial charge in [0.05, 0.1) is 11.8 Å². The molecule has 7 heteroatoms. The third-order valence-corrected chi connectivity index (χ3v) is 7.20. The molecule has 0 amide bonds. The van der Waals surface area contributed by atoms with Crippen molar-refractivity contribution in [2.24, 2.45) is 11.8 Å². The molecule has 31 heavy (non-hydrogen) atoms. The number of benzene rings is 1. The Labute approximate surface area is 186 Å². The van der Waals surface area contributed by atoms with Gasteiger partial charge in [0, 0.05) is 32.2 Å². The molecule has 3 aliphatic rings. The summed E-state index contributed by atoms with van der Waals surface area (Å²) < 4.78 is 11.2. The summed E-state index contributed by atoms with van der Waals surface area (Å²) in [7, 11) is 0. The molecule has 0 bridgehead atoms. The minimum atomic E-state index is -0.819. The van der Waals surface area contributed by atoms with Gasteiger partial charge in [0.25, 0.3) is 0 Å². The second kappa shape index (κ2) is 10.4. The number of hydrogen-bond acceptors (Lipinski definition) is 7. The molecule has 2 atom stereocenters. The number of aliphatic hydroxyl groups is 2. The molecule has 174 valence electrons. The highest BCUT2D eigenvalue weighted by molar-refractivity contribution is 5.65. The van der Waals surface area contributed by atoms with Crippen molar-refractivity contribution >= 4 is 5.69 Å². The first-order chi connectivity index (χ1) is 15.0. The van der Waals surface area contributed by atoms with Gasteiger partial charge in [0.1, 0.15) is 6.23 Å². The van der Waals surface area contributed by atoms with Crippen LogP contribution in [0.15, 0.2) is 18.2 Å². The molecule has 1 unspecified atom stereocenters. The van der Waals surface area contributed by atoms with Gasteiger partial charge in [-0.05, 0) is 62.6 Å². The van der Waals surface area contributed by atoms with Gasteiger partial charge in [0.15, 0.2) is 11.5 Å². The predicted molar refractivity (Wildman–Crippen MR) is 122 cm³/mol. The lowest BCUT2D eigenvalue weighted by atomic mass is 9.83. The largest absolute Gasteiger partial charge is 0.454 e. The number of ether oxygens (including phenoxy) is 2. The number of hydrogen-bond donors (Lipinski definition) is 3. The van der Waals surface area contributed by atoms with E-state index in [1.165, 1.54) is 19.3 Å². The fourth-order valence-corrected chi connectivity index (χ4v) is 5.06. The molecule has 3 N–H and O–H groups in total. The monoisotopic (exact) mass is 433 g/mol. The van der Waals surface area contributed by atoms with Crippen LogP contribution in [-0.4, -0.2) is 73.0 Å². The first-order valence-corrected chi connectivity index (χ1v) is 12.0. The van der Waals surface area contributed by atoms with E-state index in [0.29, 0.717) is 12.8 Å². The molecule has 1 aromatic carbocycles.